The topological polar surface area (TPSA) is 410 Å². The Morgan fingerprint density at radius 2 is 1.36 bits per heavy atom. The summed E-state index contributed by atoms with van der Waals surface area (Å²) in [6.45, 7) is 6.76. The first-order valence-corrected chi connectivity index (χ1v) is 29.7. The number of H-pyrrole nitrogens is 1. The number of carboxylic acids is 1. The number of nitrogens with zero attached hydrogens (tertiary/aromatic N) is 3. The summed E-state index contributed by atoms with van der Waals surface area (Å²) in [5.74, 6) is -5.29. The lowest BCUT2D eigenvalue weighted by molar-refractivity contribution is -0.297. The van der Waals surface area contributed by atoms with Gasteiger partial charge in [0.05, 0.1) is 12.5 Å². The van der Waals surface area contributed by atoms with Gasteiger partial charge in [-0.1, -0.05) is 72.1 Å². The van der Waals surface area contributed by atoms with E-state index in [0.29, 0.717) is 21.8 Å². The Balaban J connectivity index is 1.37. The highest BCUT2D eigenvalue weighted by Crippen LogP contribution is 2.39. The van der Waals surface area contributed by atoms with Gasteiger partial charge in [-0.25, -0.2) is 13.8 Å². The molecule has 4 fully saturated rings. The number of aromatic nitrogens is 2. The molecule has 5 rings (SSSR count). The summed E-state index contributed by atoms with van der Waals surface area (Å²) in [6.07, 6.45) is -15.4. The Hall–Kier alpha value is -4.58. The maximum atomic E-state index is 14.8. The van der Waals surface area contributed by atoms with Gasteiger partial charge in [-0.15, -0.1) is 0 Å². The number of carboxylic acid groups (broad SMARTS) is 1. The second-order valence-electron chi connectivity index (χ2n) is 22.4. The number of ether oxygens (including phenoxy) is 10. The fourth-order valence-electron chi connectivity index (χ4n) is 11.2. The lowest BCUT2D eigenvalue weighted by Gasteiger charge is -2.43. The summed E-state index contributed by atoms with van der Waals surface area (Å²) in [6, 6.07) is -3.00. The molecule has 4 aliphatic rings. The largest absolute Gasteiger partial charge is 0.480 e. The minimum atomic E-state index is -5.49. The van der Waals surface area contributed by atoms with E-state index in [1.807, 2.05) is 4.98 Å². The van der Waals surface area contributed by atoms with E-state index in [0.717, 1.165) is 75.6 Å². The van der Waals surface area contributed by atoms with Crippen molar-refractivity contribution in [3.05, 3.63) is 33.1 Å². The minimum absolute atomic E-state index is 0.184. The fourth-order valence-corrected chi connectivity index (χ4v) is 11.7. The maximum absolute atomic E-state index is 14.8. The standard InChI is InChI=1S/C53H87N5O25S/c1-27(2)18-16-14-12-10-11-13-15-17-19-30(77-34(60)22-28(3)23-35(61)80-52-47(75-9)46(74-8)42(73-7)29(4)76-52)24-36(62)78-32-26-56(5)38(48(66)57(6)37(32)50(67)68)43(82-51-40(64)39(63)31(25-54)79-51)44-41(65)45(83-84(70,71)72)49(81-44)58-21-20-33(59)55-53(58)69/h20-21,27-32,37-47,49,51-52,63-65H,10-19,22-26,54H2,1-9H3,(H,67,68)(H,55,59,69)(H,70,71,72)/t28?,29-,30?,31-,32?,37?,38?,39-,40-,41-,42-,43?,44+,45-,46-,47-,49-,51+,52+/m1/s1. The van der Waals surface area contributed by atoms with E-state index in [4.69, 9.17) is 57.3 Å². The number of likely N-dealkylation sites (N-methyl/N-ethyl adjacent to an activating group) is 2. The van der Waals surface area contributed by atoms with Crippen LogP contribution in [-0.2, 0) is 85.9 Å². The number of nitrogens with two attached hydrogens (primary N) is 1. The van der Waals surface area contributed by atoms with Crippen LogP contribution in [0.15, 0.2) is 21.9 Å². The molecule has 30 nitrogen and oxygen atoms in total. The zero-order valence-electron chi connectivity index (χ0n) is 49.0. The Labute approximate surface area is 487 Å². The van der Waals surface area contributed by atoms with Gasteiger partial charge in [-0.3, -0.25) is 43.0 Å². The summed E-state index contributed by atoms with van der Waals surface area (Å²) in [5, 5.41) is 44.4. The normalized spacial score (nSPS) is 31.6. The average Bonchev–Trinajstić information content (AvgIpc) is 1.99. The first kappa shape index (κ1) is 70.2. The molecule has 1 aromatic rings. The van der Waals surface area contributed by atoms with Crippen LogP contribution in [0.25, 0.3) is 0 Å². The lowest BCUT2D eigenvalue weighted by Crippen LogP contribution is -2.59. The number of nitrogens with one attached hydrogen (secondary N) is 1. The number of carbonyl (C=O) groups is 5. The summed E-state index contributed by atoms with van der Waals surface area (Å²) in [7, 11) is 1.19. The number of amides is 1. The van der Waals surface area contributed by atoms with E-state index < -0.39 is 181 Å². The van der Waals surface area contributed by atoms with E-state index in [9.17, 15) is 67.0 Å². The van der Waals surface area contributed by atoms with E-state index in [-0.39, 0.29) is 25.8 Å². The molecule has 0 spiro atoms. The molecular formula is C53H87N5O25S. The van der Waals surface area contributed by atoms with Crippen molar-refractivity contribution in [2.24, 2.45) is 17.6 Å². The second-order valence-corrected chi connectivity index (χ2v) is 23.5. The van der Waals surface area contributed by atoms with E-state index >= 15 is 0 Å². The van der Waals surface area contributed by atoms with Crippen LogP contribution >= 0.6 is 0 Å². The van der Waals surface area contributed by atoms with Gasteiger partial charge in [0.25, 0.3) is 5.56 Å². The maximum Gasteiger partial charge on any atom is 0.397 e. The number of methoxy groups -OCH3 is 3. The van der Waals surface area contributed by atoms with Crippen LogP contribution in [0.5, 0.6) is 0 Å². The van der Waals surface area contributed by atoms with Crippen molar-refractivity contribution in [3.8, 4) is 0 Å². The highest BCUT2D eigenvalue weighted by atomic mass is 32.3. The number of esters is 3. The Bertz CT molecular complexity index is 2540. The van der Waals surface area contributed by atoms with Crippen LogP contribution in [0, 0.1) is 11.8 Å². The smallest absolute Gasteiger partial charge is 0.397 e. The number of aliphatic carboxylic acids is 1. The number of hydrogen-bond acceptors (Lipinski definition) is 25. The summed E-state index contributed by atoms with van der Waals surface area (Å²) in [5.41, 5.74) is 3.63. The van der Waals surface area contributed by atoms with E-state index in [1.165, 1.54) is 28.4 Å². The molecule has 0 aliphatic carbocycles. The molecule has 480 valence electrons. The monoisotopic (exact) mass is 1230 g/mol. The number of carbonyl (C=O) groups excluding carboxylic acids is 4. The molecule has 1 aromatic heterocycles. The van der Waals surface area contributed by atoms with Crippen molar-refractivity contribution < 1.29 is 109 Å². The SMILES string of the molecule is CO[C@H]1[C@@H](OC)[C@H](OC(=O)CC(C)CC(=O)OC(CCCCCCCCCCC(C)C)CC(=O)OC2CN(C)C(C(O[C@@H]3O[C@H](CN)[C@@H](O)[C@H]3O)[C@H]3O[C@@H](n4ccc(=O)[nH]c4=O)[C@H](OS(=O)(=O)O)[C@@H]3O)C(=O)N(C)C2C(=O)O)O[C@H](C)[C@H]1OC. The number of aliphatic hydroxyl groups is 3. The van der Waals surface area contributed by atoms with Crippen LogP contribution < -0.4 is 17.0 Å². The molecule has 4 aliphatic heterocycles. The Morgan fingerprint density at radius 3 is 1.92 bits per heavy atom. The third-order valence-electron chi connectivity index (χ3n) is 15.5. The quantitative estimate of drug-likeness (QED) is 0.0207. The molecule has 8 N–H and O–H groups in total. The van der Waals surface area contributed by atoms with Crippen molar-refractivity contribution in [2.45, 2.75) is 221 Å². The third-order valence-corrected chi connectivity index (χ3v) is 16.0. The highest BCUT2D eigenvalue weighted by Gasteiger charge is 2.59. The average molecular weight is 1230 g/mol. The molecule has 4 saturated heterocycles. The van der Waals surface area contributed by atoms with E-state index in [2.05, 4.69) is 13.8 Å². The number of unbranched alkanes of at least 4 members (excludes halogenated alkanes) is 7. The molecular weight excluding hydrogens is 1140 g/mol. The predicted octanol–water partition coefficient (Wildman–Crippen LogP) is -0.481. The minimum Gasteiger partial charge on any atom is -0.480 e. The molecule has 1 amide bonds. The predicted molar refractivity (Wildman–Crippen MR) is 289 cm³/mol. The van der Waals surface area contributed by atoms with Gasteiger partial charge < -0.3 is 78.4 Å². The fraction of sp³-hybridized carbons (Fsp3) is 0.830. The zero-order chi connectivity index (χ0) is 62.3. The molecule has 19 atom stereocenters. The summed E-state index contributed by atoms with van der Waals surface area (Å²) < 4.78 is 97.4. The van der Waals surface area contributed by atoms with Crippen molar-refractivity contribution >= 4 is 40.2 Å². The van der Waals surface area contributed by atoms with Gasteiger partial charge in [0, 0.05) is 66.6 Å². The van der Waals surface area contributed by atoms with Gasteiger partial charge in [0.15, 0.2) is 24.7 Å². The first-order chi connectivity index (χ1) is 39.6. The zero-order valence-corrected chi connectivity index (χ0v) is 49.9. The van der Waals surface area contributed by atoms with Gasteiger partial charge in [-0.2, -0.15) is 8.42 Å². The molecule has 0 bridgehead atoms. The number of rotatable bonds is 32. The van der Waals surface area contributed by atoms with Crippen molar-refractivity contribution in [2.75, 3.05) is 48.5 Å². The highest BCUT2D eigenvalue weighted by molar-refractivity contribution is 7.80. The molecule has 5 heterocycles. The van der Waals surface area contributed by atoms with Crippen LogP contribution in [0.2, 0.25) is 0 Å². The van der Waals surface area contributed by atoms with Crippen LogP contribution in [0.1, 0.15) is 117 Å². The number of aromatic amines is 1. The van der Waals surface area contributed by atoms with Crippen molar-refractivity contribution in [3.63, 3.8) is 0 Å². The molecule has 31 heteroatoms. The van der Waals surface area contributed by atoms with Gasteiger partial charge >= 0.3 is 40.0 Å². The number of hydrogen-bond donors (Lipinski definition) is 7. The molecule has 0 radical (unpaired) electrons. The Kier molecular flexibility index (Phi) is 27.1. The molecule has 0 aromatic carbocycles. The summed E-state index contributed by atoms with van der Waals surface area (Å²) >= 11 is 0. The van der Waals surface area contributed by atoms with E-state index in [1.54, 1.807) is 13.8 Å². The van der Waals surface area contributed by atoms with Crippen LogP contribution in [0.4, 0.5) is 0 Å². The second kappa shape index (κ2) is 32.4. The van der Waals surface area contributed by atoms with Crippen molar-refractivity contribution in [1.82, 2.24) is 19.4 Å². The molecule has 0 saturated carbocycles. The van der Waals surface area contributed by atoms with Gasteiger partial charge in [0.2, 0.25) is 12.2 Å². The van der Waals surface area contributed by atoms with Crippen LogP contribution in [0.3, 0.4) is 0 Å². The van der Waals surface area contributed by atoms with Gasteiger partial charge in [-0.05, 0) is 38.6 Å². The summed E-state index contributed by atoms with van der Waals surface area (Å²) in [4.78, 5) is 98.0. The van der Waals surface area contributed by atoms with Crippen molar-refractivity contribution in [1.29, 1.82) is 0 Å². The Morgan fingerprint density at radius 1 is 0.762 bits per heavy atom. The van der Waals surface area contributed by atoms with Crippen LogP contribution in [-0.4, -0.2) is 235 Å². The molecule has 6 unspecified atom stereocenters. The first-order valence-electron chi connectivity index (χ1n) is 28.3. The molecule has 84 heavy (non-hydrogen) atoms. The lowest BCUT2D eigenvalue weighted by atomic mass is 9.97. The van der Waals surface area contributed by atoms with Gasteiger partial charge in [0.1, 0.15) is 73.2 Å². The number of aliphatic hydroxyl groups excluding tert-OH is 3. The third kappa shape index (κ3) is 19.0.